The van der Waals surface area contributed by atoms with E-state index in [9.17, 15) is 13.2 Å². The Morgan fingerprint density at radius 2 is 1.76 bits per heavy atom. The van der Waals surface area contributed by atoms with Crippen LogP contribution in [0.4, 0.5) is 24.9 Å². The van der Waals surface area contributed by atoms with Crippen molar-refractivity contribution < 1.29 is 13.2 Å². The van der Waals surface area contributed by atoms with Gasteiger partial charge < -0.3 is 10.2 Å². The number of hydrogen-bond donors (Lipinski definition) is 1. The lowest BCUT2D eigenvalue weighted by Crippen LogP contribution is -2.47. The zero-order valence-electron chi connectivity index (χ0n) is 19.6. The highest BCUT2D eigenvalue weighted by atomic mass is 32.2. The highest BCUT2D eigenvalue weighted by Gasteiger charge is 2.35. The molecule has 2 aromatic heterocycles. The SMILES string of the molecule is CNc1nnc(SC/C=C/CN2CCN(c3cc(C(F)(F)F)nc(C(C)(C)C)n3)CC2)n1C. The number of piperazine rings is 1. The van der Waals surface area contributed by atoms with Crippen LogP contribution in [0.3, 0.4) is 0 Å². The second-order valence-corrected chi connectivity index (χ2v) is 9.86. The molecule has 0 saturated carbocycles. The van der Waals surface area contributed by atoms with Crippen molar-refractivity contribution in [3.8, 4) is 0 Å². The number of rotatable bonds is 7. The fourth-order valence-electron chi connectivity index (χ4n) is 3.31. The lowest BCUT2D eigenvalue weighted by Gasteiger charge is -2.35. The van der Waals surface area contributed by atoms with Gasteiger partial charge in [0.1, 0.15) is 17.3 Å². The molecular formula is C21H31F3N8S. The Morgan fingerprint density at radius 1 is 1.06 bits per heavy atom. The minimum atomic E-state index is -4.50. The Bertz CT molecular complexity index is 927. The van der Waals surface area contributed by atoms with Crippen molar-refractivity contribution in [1.82, 2.24) is 29.6 Å². The molecule has 0 spiro atoms. The molecule has 0 radical (unpaired) electrons. The smallest absolute Gasteiger partial charge is 0.357 e. The Hall–Kier alpha value is -2.34. The van der Waals surface area contributed by atoms with Gasteiger partial charge in [-0.3, -0.25) is 9.47 Å². The first-order chi connectivity index (χ1) is 15.5. The number of thioether (sulfide) groups is 1. The average molecular weight is 485 g/mol. The van der Waals surface area contributed by atoms with E-state index in [0.29, 0.717) is 18.9 Å². The third-order valence-corrected chi connectivity index (χ3v) is 6.24. The molecule has 0 aliphatic carbocycles. The first-order valence-electron chi connectivity index (χ1n) is 10.8. The second-order valence-electron chi connectivity index (χ2n) is 8.87. The van der Waals surface area contributed by atoms with Gasteiger partial charge in [0.05, 0.1) is 0 Å². The summed E-state index contributed by atoms with van der Waals surface area (Å²) >= 11 is 1.60. The third-order valence-electron chi connectivity index (χ3n) is 5.27. The van der Waals surface area contributed by atoms with Crippen LogP contribution in [0.1, 0.15) is 32.3 Å². The maximum atomic E-state index is 13.4. The minimum Gasteiger partial charge on any atom is -0.357 e. The molecule has 8 nitrogen and oxygen atoms in total. The van der Waals surface area contributed by atoms with Gasteiger partial charge in [-0.05, 0) is 0 Å². The van der Waals surface area contributed by atoms with Crippen molar-refractivity contribution in [3.63, 3.8) is 0 Å². The Labute approximate surface area is 196 Å². The molecule has 3 rings (SSSR count). The van der Waals surface area contributed by atoms with Gasteiger partial charge in [0.25, 0.3) is 0 Å². The molecule has 0 unspecified atom stereocenters. The molecule has 0 atom stereocenters. The number of nitrogens with one attached hydrogen (secondary N) is 1. The van der Waals surface area contributed by atoms with Gasteiger partial charge in [-0.15, -0.1) is 10.2 Å². The number of halogens is 3. The van der Waals surface area contributed by atoms with Crippen LogP contribution in [0.15, 0.2) is 23.4 Å². The van der Waals surface area contributed by atoms with Crippen LogP contribution in [0, 0.1) is 0 Å². The van der Waals surface area contributed by atoms with Crippen molar-refractivity contribution in [3.05, 3.63) is 29.7 Å². The molecule has 0 aromatic carbocycles. The number of aromatic nitrogens is 5. The monoisotopic (exact) mass is 484 g/mol. The van der Waals surface area contributed by atoms with Crippen LogP contribution in [0.2, 0.25) is 0 Å². The van der Waals surface area contributed by atoms with E-state index in [-0.39, 0.29) is 5.82 Å². The van der Waals surface area contributed by atoms with Gasteiger partial charge in [-0.1, -0.05) is 44.7 Å². The molecule has 1 saturated heterocycles. The zero-order chi connectivity index (χ0) is 24.2. The predicted octanol–water partition coefficient (Wildman–Crippen LogP) is 3.43. The highest BCUT2D eigenvalue weighted by Crippen LogP contribution is 2.32. The van der Waals surface area contributed by atoms with Crippen LogP contribution in [0.5, 0.6) is 0 Å². The van der Waals surface area contributed by atoms with Crippen LogP contribution in [-0.4, -0.2) is 75.2 Å². The molecular weight excluding hydrogens is 453 g/mol. The summed E-state index contributed by atoms with van der Waals surface area (Å²) in [5.41, 5.74) is -1.45. The molecule has 3 heterocycles. The Balaban J connectivity index is 1.53. The van der Waals surface area contributed by atoms with Crippen molar-refractivity contribution in [2.45, 2.75) is 37.5 Å². The summed E-state index contributed by atoms with van der Waals surface area (Å²) in [5, 5.41) is 12.0. The van der Waals surface area contributed by atoms with E-state index in [1.54, 1.807) is 11.8 Å². The van der Waals surface area contributed by atoms with Crippen LogP contribution in [-0.2, 0) is 18.6 Å². The van der Waals surface area contributed by atoms with Crippen LogP contribution in [0.25, 0.3) is 0 Å². The van der Waals surface area contributed by atoms with Gasteiger partial charge in [0, 0.05) is 64.1 Å². The highest BCUT2D eigenvalue weighted by molar-refractivity contribution is 7.99. The van der Waals surface area contributed by atoms with Gasteiger partial charge in [-0.2, -0.15) is 13.2 Å². The lowest BCUT2D eigenvalue weighted by molar-refractivity contribution is -0.141. The fourth-order valence-corrected chi connectivity index (χ4v) is 4.07. The van der Waals surface area contributed by atoms with Gasteiger partial charge >= 0.3 is 6.18 Å². The maximum Gasteiger partial charge on any atom is 0.433 e. The molecule has 0 bridgehead atoms. The van der Waals surface area contributed by atoms with E-state index in [1.165, 1.54) is 0 Å². The summed E-state index contributed by atoms with van der Waals surface area (Å²) in [6.45, 7) is 8.99. The van der Waals surface area contributed by atoms with Crippen molar-refractivity contribution >= 4 is 23.5 Å². The lowest BCUT2D eigenvalue weighted by atomic mass is 9.95. The van der Waals surface area contributed by atoms with Gasteiger partial charge in [0.2, 0.25) is 5.95 Å². The van der Waals surface area contributed by atoms with Crippen LogP contribution >= 0.6 is 11.8 Å². The third kappa shape index (κ3) is 6.59. The van der Waals surface area contributed by atoms with E-state index in [4.69, 9.17) is 0 Å². The first kappa shape index (κ1) is 25.3. The Morgan fingerprint density at radius 3 is 2.33 bits per heavy atom. The number of alkyl halides is 3. The number of hydrogen-bond acceptors (Lipinski definition) is 8. The number of anilines is 2. The van der Waals surface area contributed by atoms with Crippen molar-refractivity contribution in [1.29, 1.82) is 0 Å². The minimum absolute atomic E-state index is 0.208. The van der Waals surface area contributed by atoms with Crippen LogP contribution < -0.4 is 10.2 Å². The fraction of sp³-hybridized carbons (Fsp3) is 0.619. The standard InChI is InChI=1S/C21H31F3N8S/c1-20(2,3)17-26-15(21(22,23)24)14-16(27-17)32-11-9-31(10-12-32)8-6-7-13-33-19-29-28-18(25-4)30(19)5/h6-7,14H,8-13H2,1-5H3,(H,25,28)/b7-6+. The summed E-state index contributed by atoms with van der Waals surface area (Å²) in [7, 11) is 3.72. The molecule has 0 amide bonds. The van der Waals surface area contributed by atoms with Crippen molar-refractivity contribution in [2.24, 2.45) is 7.05 Å². The summed E-state index contributed by atoms with van der Waals surface area (Å²) in [4.78, 5) is 12.4. The summed E-state index contributed by atoms with van der Waals surface area (Å²) in [6.07, 6.45) is -0.287. The van der Waals surface area contributed by atoms with E-state index in [2.05, 4.69) is 42.5 Å². The molecule has 2 aromatic rings. The maximum absolute atomic E-state index is 13.4. The molecule has 1 aliphatic heterocycles. The predicted molar refractivity (Wildman–Crippen MR) is 125 cm³/mol. The first-order valence-corrected chi connectivity index (χ1v) is 11.8. The normalized spacial score (nSPS) is 16.1. The molecule has 12 heteroatoms. The summed E-state index contributed by atoms with van der Waals surface area (Å²) in [6, 6.07) is 1.06. The van der Waals surface area contributed by atoms with E-state index in [0.717, 1.165) is 42.6 Å². The van der Waals surface area contributed by atoms with Gasteiger partial charge in [0.15, 0.2) is 5.16 Å². The zero-order valence-corrected chi connectivity index (χ0v) is 20.5. The second kappa shape index (κ2) is 10.3. The quantitative estimate of drug-likeness (QED) is 0.473. The molecule has 1 aliphatic rings. The van der Waals surface area contributed by atoms with Crippen molar-refractivity contribution in [2.75, 3.05) is 55.7 Å². The molecule has 1 fully saturated rings. The summed E-state index contributed by atoms with van der Waals surface area (Å²) < 4.78 is 42.0. The van der Waals surface area contributed by atoms with E-state index >= 15 is 0 Å². The average Bonchev–Trinajstić information content (AvgIpc) is 3.12. The van der Waals surface area contributed by atoms with Gasteiger partial charge in [-0.25, -0.2) is 9.97 Å². The molecule has 182 valence electrons. The summed E-state index contributed by atoms with van der Waals surface area (Å²) in [5.74, 6) is 2.06. The topological polar surface area (TPSA) is 75.0 Å². The van der Waals surface area contributed by atoms with E-state index < -0.39 is 17.3 Å². The van der Waals surface area contributed by atoms with E-state index in [1.807, 2.05) is 44.3 Å². The largest absolute Gasteiger partial charge is 0.433 e. The number of nitrogens with zero attached hydrogens (tertiary/aromatic N) is 7. The molecule has 1 N–H and O–H groups in total. The Kier molecular flexibility index (Phi) is 7.88. The molecule has 33 heavy (non-hydrogen) atoms.